The Balaban J connectivity index is 1.14. The molecule has 1 N–H and O–H groups in total. The van der Waals surface area contributed by atoms with Crippen LogP contribution in [0.3, 0.4) is 0 Å². The van der Waals surface area contributed by atoms with Crippen molar-refractivity contribution in [3.05, 3.63) is 59.4 Å². The molecule has 1 aliphatic heterocycles. The van der Waals surface area contributed by atoms with Crippen molar-refractivity contribution < 1.29 is 0 Å². The summed E-state index contributed by atoms with van der Waals surface area (Å²) >= 11 is 0. The zero-order valence-electron chi connectivity index (χ0n) is 16.1. The summed E-state index contributed by atoms with van der Waals surface area (Å²) in [6.07, 6.45) is 9.44. The van der Waals surface area contributed by atoms with E-state index >= 15 is 0 Å². The van der Waals surface area contributed by atoms with Crippen LogP contribution in [0.5, 0.6) is 0 Å². The van der Waals surface area contributed by atoms with Gasteiger partial charge < -0.3 is 14.8 Å². The molecule has 2 fully saturated rings. The molecular weight excluding hydrogens is 366 g/mol. The largest absolute Gasteiger partial charge is 0.365 e. The molecule has 3 aromatic heterocycles. The van der Waals surface area contributed by atoms with Crippen LogP contribution in [0.15, 0.2) is 53.8 Å². The van der Waals surface area contributed by atoms with E-state index in [-0.39, 0.29) is 5.56 Å². The number of hydrogen-bond acceptors (Lipinski definition) is 7. The molecule has 0 radical (unpaired) electrons. The fourth-order valence-corrected chi connectivity index (χ4v) is 3.59. The lowest BCUT2D eigenvalue weighted by atomic mass is 10.0. The van der Waals surface area contributed by atoms with Crippen molar-refractivity contribution in [2.24, 2.45) is 11.8 Å². The standard InChI is InChI=1S/C21H23N7O/c29-21-20(23-9-10-27(21)12-15-1-2-15)24-11-16-13-28(14-16)19-4-3-18(25-26-19)17-5-7-22-8-6-17/h3-10,15-16H,1-2,11-14H2,(H,23,24). The zero-order valence-corrected chi connectivity index (χ0v) is 16.1. The van der Waals surface area contributed by atoms with Gasteiger partial charge in [-0.2, -0.15) is 0 Å². The highest BCUT2D eigenvalue weighted by molar-refractivity contribution is 5.59. The van der Waals surface area contributed by atoms with Gasteiger partial charge in [0.15, 0.2) is 11.6 Å². The molecule has 3 aromatic rings. The van der Waals surface area contributed by atoms with Crippen LogP contribution in [-0.4, -0.2) is 44.4 Å². The second kappa shape index (κ2) is 7.62. The van der Waals surface area contributed by atoms with Crippen molar-refractivity contribution in [1.82, 2.24) is 24.7 Å². The van der Waals surface area contributed by atoms with Crippen molar-refractivity contribution in [2.75, 3.05) is 29.9 Å². The SMILES string of the molecule is O=c1c(NCC2CN(c3ccc(-c4ccncc4)nn3)C2)nccn1CC1CC1. The second-order valence-electron chi connectivity index (χ2n) is 7.84. The van der Waals surface area contributed by atoms with Crippen LogP contribution < -0.4 is 15.8 Å². The molecule has 8 heteroatoms. The van der Waals surface area contributed by atoms with Gasteiger partial charge in [-0.15, -0.1) is 10.2 Å². The lowest BCUT2D eigenvalue weighted by Crippen LogP contribution is -2.50. The third-order valence-electron chi connectivity index (χ3n) is 5.53. The van der Waals surface area contributed by atoms with Gasteiger partial charge in [0, 0.05) is 62.4 Å². The Hall–Kier alpha value is -3.29. The number of aromatic nitrogens is 5. The van der Waals surface area contributed by atoms with E-state index in [2.05, 4.69) is 30.4 Å². The Kier molecular flexibility index (Phi) is 4.67. The molecule has 0 bridgehead atoms. The Labute approximate surface area is 168 Å². The first-order valence-electron chi connectivity index (χ1n) is 10.0. The van der Waals surface area contributed by atoms with E-state index in [4.69, 9.17) is 0 Å². The number of rotatable bonds is 7. The maximum atomic E-state index is 12.5. The number of pyridine rings is 1. The van der Waals surface area contributed by atoms with Crippen LogP contribution in [0, 0.1) is 11.8 Å². The van der Waals surface area contributed by atoms with Gasteiger partial charge >= 0.3 is 0 Å². The Bertz CT molecular complexity index is 1020. The van der Waals surface area contributed by atoms with E-state index in [0.29, 0.717) is 17.7 Å². The van der Waals surface area contributed by atoms with Gasteiger partial charge in [-0.3, -0.25) is 9.78 Å². The van der Waals surface area contributed by atoms with E-state index in [1.807, 2.05) is 24.3 Å². The smallest absolute Gasteiger partial charge is 0.293 e. The third-order valence-corrected chi connectivity index (χ3v) is 5.53. The highest BCUT2D eigenvalue weighted by Gasteiger charge is 2.28. The first kappa shape index (κ1) is 17.8. The monoisotopic (exact) mass is 389 g/mol. The molecule has 8 nitrogen and oxygen atoms in total. The number of anilines is 2. The molecule has 2 aliphatic rings. The number of nitrogens with zero attached hydrogens (tertiary/aromatic N) is 6. The molecule has 1 saturated carbocycles. The predicted octanol–water partition coefficient (Wildman–Crippen LogP) is 2.05. The highest BCUT2D eigenvalue weighted by Crippen LogP contribution is 2.30. The summed E-state index contributed by atoms with van der Waals surface area (Å²) < 4.78 is 1.78. The summed E-state index contributed by atoms with van der Waals surface area (Å²) in [5, 5.41) is 11.9. The maximum absolute atomic E-state index is 12.5. The Morgan fingerprint density at radius 2 is 1.83 bits per heavy atom. The van der Waals surface area contributed by atoms with E-state index in [9.17, 15) is 4.79 Å². The van der Waals surface area contributed by atoms with Crippen molar-refractivity contribution in [3.8, 4) is 11.3 Å². The summed E-state index contributed by atoms with van der Waals surface area (Å²) in [6.45, 7) is 3.31. The quantitative estimate of drug-likeness (QED) is 0.661. The third kappa shape index (κ3) is 3.96. The lowest BCUT2D eigenvalue weighted by molar-refractivity contribution is 0.425. The summed E-state index contributed by atoms with van der Waals surface area (Å²) in [7, 11) is 0. The molecule has 1 saturated heterocycles. The lowest BCUT2D eigenvalue weighted by Gasteiger charge is -2.40. The average molecular weight is 389 g/mol. The van der Waals surface area contributed by atoms with Gasteiger partial charge in [0.1, 0.15) is 0 Å². The summed E-state index contributed by atoms with van der Waals surface area (Å²) in [5.74, 6) is 2.45. The van der Waals surface area contributed by atoms with Crippen LogP contribution in [0.2, 0.25) is 0 Å². The minimum atomic E-state index is -0.0202. The molecule has 0 amide bonds. The molecule has 1 aliphatic carbocycles. The molecule has 0 aromatic carbocycles. The molecular formula is C21H23N7O. The molecule has 0 spiro atoms. The number of nitrogens with one attached hydrogen (secondary N) is 1. The molecule has 148 valence electrons. The van der Waals surface area contributed by atoms with Crippen LogP contribution in [0.25, 0.3) is 11.3 Å². The van der Waals surface area contributed by atoms with Crippen LogP contribution in [-0.2, 0) is 6.54 Å². The Morgan fingerprint density at radius 3 is 2.55 bits per heavy atom. The Morgan fingerprint density at radius 1 is 1.00 bits per heavy atom. The molecule has 5 rings (SSSR count). The van der Waals surface area contributed by atoms with Gasteiger partial charge in [-0.25, -0.2) is 4.98 Å². The second-order valence-corrected chi connectivity index (χ2v) is 7.84. The van der Waals surface area contributed by atoms with E-state index in [1.165, 1.54) is 12.8 Å². The van der Waals surface area contributed by atoms with Gasteiger partial charge in [0.2, 0.25) is 0 Å². The summed E-state index contributed by atoms with van der Waals surface area (Å²) in [6, 6.07) is 7.83. The minimum absolute atomic E-state index is 0.0202. The van der Waals surface area contributed by atoms with Crippen molar-refractivity contribution in [1.29, 1.82) is 0 Å². The normalized spacial score (nSPS) is 16.5. The molecule has 0 unspecified atom stereocenters. The first-order chi connectivity index (χ1) is 14.3. The number of hydrogen-bond donors (Lipinski definition) is 1. The molecule has 4 heterocycles. The van der Waals surface area contributed by atoms with E-state index < -0.39 is 0 Å². The minimum Gasteiger partial charge on any atom is -0.365 e. The predicted molar refractivity (Wildman–Crippen MR) is 111 cm³/mol. The maximum Gasteiger partial charge on any atom is 0.293 e. The average Bonchev–Trinajstić information content (AvgIpc) is 3.55. The van der Waals surface area contributed by atoms with Gasteiger partial charge in [-0.05, 0) is 43.0 Å². The van der Waals surface area contributed by atoms with Crippen molar-refractivity contribution >= 4 is 11.6 Å². The van der Waals surface area contributed by atoms with Gasteiger partial charge in [0.05, 0.1) is 5.69 Å². The van der Waals surface area contributed by atoms with Crippen molar-refractivity contribution in [3.63, 3.8) is 0 Å². The van der Waals surface area contributed by atoms with E-state index in [0.717, 1.165) is 43.3 Å². The highest BCUT2D eigenvalue weighted by atomic mass is 16.1. The fourth-order valence-electron chi connectivity index (χ4n) is 3.59. The van der Waals surface area contributed by atoms with Crippen LogP contribution in [0.4, 0.5) is 11.6 Å². The van der Waals surface area contributed by atoms with Crippen LogP contribution in [0.1, 0.15) is 12.8 Å². The van der Waals surface area contributed by atoms with Gasteiger partial charge in [-0.1, -0.05) is 0 Å². The van der Waals surface area contributed by atoms with Crippen LogP contribution >= 0.6 is 0 Å². The fraction of sp³-hybridized carbons (Fsp3) is 0.381. The molecule has 0 atom stereocenters. The van der Waals surface area contributed by atoms with Crippen molar-refractivity contribution in [2.45, 2.75) is 19.4 Å². The van der Waals surface area contributed by atoms with Gasteiger partial charge in [0.25, 0.3) is 5.56 Å². The summed E-state index contributed by atoms with van der Waals surface area (Å²) in [4.78, 5) is 22.9. The first-order valence-corrected chi connectivity index (χ1v) is 10.0. The van der Waals surface area contributed by atoms with E-state index in [1.54, 1.807) is 29.4 Å². The zero-order chi connectivity index (χ0) is 19.6. The topological polar surface area (TPSA) is 88.8 Å². The molecule has 29 heavy (non-hydrogen) atoms. The summed E-state index contributed by atoms with van der Waals surface area (Å²) in [5.41, 5.74) is 1.83.